The van der Waals surface area contributed by atoms with E-state index >= 15 is 0 Å². The van der Waals surface area contributed by atoms with Crippen LogP contribution in [0.4, 0.5) is 0 Å². The van der Waals surface area contributed by atoms with E-state index in [9.17, 15) is 0 Å². The van der Waals surface area contributed by atoms with Gasteiger partial charge < -0.3 is 0 Å². The van der Waals surface area contributed by atoms with Crippen molar-refractivity contribution in [3.05, 3.63) is 12.2 Å². The van der Waals surface area contributed by atoms with E-state index in [2.05, 4.69) is 12.0 Å². The summed E-state index contributed by atoms with van der Waals surface area (Å²) in [6, 6.07) is 0. The molecule has 0 nitrogen and oxygen atoms in total. The highest BCUT2D eigenvalue weighted by molar-refractivity contribution is 4.98. The quantitative estimate of drug-likeness (QED) is 0.369. The van der Waals surface area contributed by atoms with E-state index in [-0.39, 0.29) is 0 Å². The highest BCUT2D eigenvalue weighted by Gasteiger charge is 1.43. The molecule has 25 valence electrons. The van der Waals surface area contributed by atoms with Crippen LogP contribution >= 0.6 is 0 Å². The van der Waals surface area contributed by atoms with Crippen LogP contribution in [0.25, 0.3) is 0 Å². The molecule has 0 aliphatic rings. The molecule has 0 N–H and O–H groups in total. The number of terminal acetylenes is 1. The first-order valence-electron chi connectivity index (χ1n) is 1.40. The van der Waals surface area contributed by atoms with E-state index in [1.165, 1.54) is 0 Å². The molecule has 0 aliphatic heterocycles. The Kier molecular flexibility index (Phi) is 2.84. The molecule has 1 radical (unpaired) electrons. The zero-order chi connectivity index (χ0) is 4.12. The first kappa shape index (κ1) is 4.30. The van der Waals surface area contributed by atoms with Crippen molar-refractivity contribution in [2.24, 2.45) is 0 Å². The Morgan fingerprint density at radius 1 is 1.80 bits per heavy atom. The fourth-order valence-corrected chi connectivity index (χ4v) is 0.0833. The van der Waals surface area contributed by atoms with Gasteiger partial charge in [-0.3, -0.25) is 0 Å². The molecule has 0 aromatic carbocycles. The maximum absolute atomic E-state index is 4.75. The molecule has 0 aromatic rings. The van der Waals surface area contributed by atoms with Crippen LogP contribution in [0.5, 0.6) is 0 Å². The van der Waals surface area contributed by atoms with Crippen molar-refractivity contribution in [3.63, 3.8) is 0 Å². The molecule has 0 amide bonds. The second-order valence-electron chi connectivity index (χ2n) is 0.577. The van der Waals surface area contributed by atoms with E-state index in [0.29, 0.717) is 0 Å². The minimum atomic E-state index is 1.69. The summed E-state index contributed by atoms with van der Waals surface area (Å²) in [5.74, 6) is 2.21. The van der Waals surface area contributed by atoms with E-state index in [4.69, 9.17) is 6.42 Å². The monoisotopic (exact) mass is 65.0 g/mol. The van der Waals surface area contributed by atoms with E-state index in [1.54, 1.807) is 6.08 Å². The highest BCUT2D eigenvalue weighted by atomic mass is 13.5. The first-order chi connectivity index (χ1) is 2.41. The van der Waals surface area contributed by atoms with Gasteiger partial charge in [0, 0.05) is 6.08 Å². The van der Waals surface area contributed by atoms with Gasteiger partial charge in [0.1, 0.15) is 0 Å². The second-order valence-corrected chi connectivity index (χ2v) is 0.577. The van der Waals surface area contributed by atoms with Crippen molar-refractivity contribution in [3.8, 4) is 12.3 Å². The van der Waals surface area contributed by atoms with Gasteiger partial charge in [-0.05, 0) is 6.92 Å². The zero-order valence-corrected chi connectivity index (χ0v) is 3.15. The Balaban J connectivity index is 3.04. The summed E-state index contributed by atoms with van der Waals surface area (Å²) in [5, 5.41) is 0. The summed E-state index contributed by atoms with van der Waals surface area (Å²) < 4.78 is 0. The fraction of sp³-hybridized carbons (Fsp3) is 0.200. The SMILES string of the molecule is C#C[C]=CC. The van der Waals surface area contributed by atoms with E-state index in [1.807, 2.05) is 6.92 Å². The van der Waals surface area contributed by atoms with Crippen LogP contribution in [0.2, 0.25) is 0 Å². The molecule has 0 heteroatoms. The zero-order valence-electron chi connectivity index (χ0n) is 3.15. The Morgan fingerprint density at radius 2 is 2.40 bits per heavy atom. The molecule has 0 saturated carbocycles. The van der Waals surface area contributed by atoms with Crippen LogP contribution in [0.1, 0.15) is 6.92 Å². The van der Waals surface area contributed by atoms with Gasteiger partial charge in [-0.1, -0.05) is 12.0 Å². The molecular formula is C5H5. The van der Waals surface area contributed by atoms with Crippen molar-refractivity contribution < 1.29 is 0 Å². The smallest absolute Gasteiger partial charge is 0.0353 e. The third-order valence-electron chi connectivity index (χ3n) is 0.228. The van der Waals surface area contributed by atoms with Gasteiger partial charge in [-0.15, -0.1) is 6.42 Å². The van der Waals surface area contributed by atoms with Crippen LogP contribution < -0.4 is 0 Å². The Hall–Kier alpha value is -0.700. The highest BCUT2D eigenvalue weighted by Crippen LogP contribution is 1.56. The van der Waals surface area contributed by atoms with Crippen molar-refractivity contribution in [1.29, 1.82) is 0 Å². The molecule has 0 rings (SSSR count). The summed E-state index contributed by atoms with van der Waals surface area (Å²) in [4.78, 5) is 0. The average molecular weight is 65.1 g/mol. The van der Waals surface area contributed by atoms with Gasteiger partial charge in [0.05, 0.1) is 0 Å². The molecule has 0 heterocycles. The third kappa shape index (κ3) is 3.30. The first-order valence-corrected chi connectivity index (χ1v) is 1.40. The molecule has 0 aliphatic carbocycles. The van der Waals surface area contributed by atoms with Crippen LogP contribution in [0.15, 0.2) is 6.08 Å². The molecule has 0 atom stereocenters. The fourth-order valence-electron chi connectivity index (χ4n) is 0.0833. The van der Waals surface area contributed by atoms with Crippen LogP contribution in [-0.2, 0) is 0 Å². The summed E-state index contributed by atoms with van der Waals surface area (Å²) in [7, 11) is 0. The maximum atomic E-state index is 4.75. The minimum absolute atomic E-state index is 1.69. The molecule has 0 spiro atoms. The van der Waals surface area contributed by atoms with Crippen molar-refractivity contribution in [2.45, 2.75) is 6.92 Å². The largest absolute Gasteiger partial charge is 0.115 e. The number of hydrogen-bond acceptors (Lipinski definition) is 0. The van der Waals surface area contributed by atoms with Gasteiger partial charge in [0.15, 0.2) is 0 Å². The Labute approximate surface area is 32.5 Å². The van der Waals surface area contributed by atoms with Crippen LogP contribution in [0.3, 0.4) is 0 Å². The van der Waals surface area contributed by atoms with Crippen molar-refractivity contribution in [2.75, 3.05) is 0 Å². The average Bonchev–Trinajstić information content (AvgIpc) is 1.41. The normalized spacial score (nSPS) is 8.00. The lowest BCUT2D eigenvalue weighted by molar-refractivity contribution is 1.73. The summed E-state index contributed by atoms with van der Waals surface area (Å²) in [5.41, 5.74) is 0. The summed E-state index contributed by atoms with van der Waals surface area (Å²) in [6.07, 6.45) is 8.96. The summed E-state index contributed by atoms with van der Waals surface area (Å²) in [6.45, 7) is 1.83. The lowest BCUT2D eigenvalue weighted by Crippen LogP contribution is -1.37. The number of hydrogen-bond donors (Lipinski definition) is 0. The number of allylic oxidation sites excluding steroid dienone is 2. The minimum Gasteiger partial charge on any atom is -0.115 e. The molecule has 0 aromatic heterocycles. The van der Waals surface area contributed by atoms with Crippen LogP contribution in [0, 0.1) is 18.4 Å². The molecule has 0 saturated heterocycles. The lowest BCUT2D eigenvalue weighted by Gasteiger charge is -1.49. The standard InChI is InChI=1S/C5H5/c1-3-5-4-2/h1,4H,2H3. The second kappa shape index (κ2) is 3.30. The predicted molar refractivity (Wildman–Crippen MR) is 22.3 cm³/mol. The summed E-state index contributed by atoms with van der Waals surface area (Å²) >= 11 is 0. The molecule has 0 unspecified atom stereocenters. The molecule has 5 heavy (non-hydrogen) atoms. The number of rotatable bonds is 0. The topological polar surface area (TPSA) is 0 Å². The van der Waals surface area contributed by atoms with Gasteiger partial charge in [-0.25, -0.2) is 0 Å². The van der Waals surface area contributed by atoms with Gasteiger partial charge >= 0.3 is 0 Å². The third-order valence-corrected chi connectivity index (χ3v) is 0.228. The van der Waals surface area contributed by atoms with Crippen molar-refractivity contribution >= 4 is 0 Å². The van der Waals surface area contributed by atoms with Gasteiger partial charge in [0.2, 0.25) is 0 Å². The van der Waals surface area contributed by atoms with Crippen LogP contribution in [-0.4, -0.2) is 0 Å². The predicted octanol–water partition coefficient (Wildman–Crippen LogP) is 0.999. The molecular weight excluding hydrogens is 60.1 g/mol. The van der Waals surface area contributed by atoms with Gasteiger partial charge in [0.25, 0.3) is 0 Å². The lowest BCUT2D eigenvalue weighted by atomic mass is 10.6. The maximum Gasteiger partial charge on any atom is 0.0353 e. The van der Waals surface area contributed by atoms with Gasteiger partial charge in [-0.2, -0.15) is 0 Å². The molecule has 0 fully saturated rings. The Morgan fingerprint density at radius 3 is 2.40 bits per heavy atom. The van der Waals surface area contributed by atoms with E-state index in [0.717, 1.165) is 0 Å². The molecule has 0 bridgehead atoms. The van der Waals surface area contributed by atoms with Crippen molar-refractivity contribution in [1.82, 2.24) is 0 Å². The van der Waals surface area contributed by atoms with E-state index < -0.39 is 0 Å². The Bertz CT molecular complexity index is 62.6.